The van der Waals surface area contributed by atoms with Gasteiger partial charge in [0.2, 0.25) is 0 Å². The Bertz CT molecular complexity index is 1610. The molecule has 1 aliphatic carbocycles. The topological polar surface area (TPSA) is 146 Å². The highest BCUT2D eigenvalue weighted by atomic mass is 16.6. The molecule has 1 aliphatic heterocycles. The van der Waals surface area contributed by atoms with Crippen molar-refractivity contribution in [3.05, 3.63) is 118 Å². The molecule has 3 aromatic carbocycles. The molecular weight excluding hydrogens is 524 g/mol. The molecule has 10 nitrogen and oxygen atoms in total. The third kappa shape index (κ3) is 5.16. The first kappa shape index (κ1) is 26.6. The first-order valence-electron chi connectivity index (χ1n) is 13.3. The van der Waals surface area contributed by atoms with Crippen LogP contribution in [0.25, 0.3) is 11.1 Å². The number of nitrogens with zero attached hydrogens (tertiary/aromatic N) is 2. The Labute approximate surface area is 235 Å². The Kier molecular flexibility index (Phi) is 7.19. The minimum atomic E-state index is -1.27. The monoisotopic (exact) mass is 552 g/mol. The average Bonchev–Trinajstić information content (AvgIpc) is 3.53. The van der Waals surface area contributed by atoms with Gasteiger partial charge < -0.3 is 25.6 Å². The predicted molar refractivity (Wildman–Crippen MR) is 150 cm³/mol. The van der Waals surface area contributed by atoms with E-state index in [1.165, 1.54) is 16.8 Å². The minimum Gasteiger partial charge on any atom is -0.463 e. The van der Waals surface area contributed by atoms with Gasteiger partial charge in [0.05, 0.1) is 6.10 Å². The Hall–Kier alpha value is -4.64. The summed E-state index contributed by atoms with van der Waals surface area (Å²) >= 11 is 0. The van der Waals surface area contributed by atoms with E-state index in [2.05, 4.69) is 10.3 Å². The predicted octanol–water partition coefficient (Wildman–Crippen LogP) is 2.83. The normalized spacial score (nSPS) is 20.2. The largest absolute Gasteiger partial charge is 0.463 e. The van der Waals surface area contributed by atoms with Crippen molar-refractivity contribution in [1.82, 2.24) is 9.55 Å². The highest BCUT2D eigenvalue weighted by molar-refractivity contribution is 6.03. The lowest BCUT2D eigenvalue weighted by molar-refractivity contribution is -0.151. The van der Waals surface area contributed by atoms with Gasteiger partial charge in [-0.25, -0.2) is 4.79 Å². The van der Waals surface area contributed by atoms with Gasteiger partial charge in [-0.3, -0.25) is 14.2 Å². The number of hydrogen-bond acceptors (Lipinski definition) is 8. The van der Waals surface area contributed by atoms with Crippen LogP contribution in [0.1, 0.15) is 40.1 Å². The number of benzene rings is 3. The number of esters is 1. The molecule has 2 unspecified atom stereocenters. The average molecular weight is 553 g/mol. The molecule has 4 atom stereocenters. The maximum Gasteiger partial charge on any atom is 0.351 e. The van der Waals surface area contributed by atoms with Crippen LogP contribution in [-0.4, -0.2) is 51.4 Å². The fourth-order valence-electron chi connectivity index (χ4n) is 5.49. The standard InChI is InChI=1S/C31H28N4O6/c32-27(30(38)40-17-23-21-12-6-4-10-19(21)20-11-5-7-13-22(20)23)28-24(36)16-26(41-28)35-15-14-25(34-31(35)39)33-29(37)18-8-2-1-3-9-18/h1-15,23-24,26-28,36H,16-17,32H2,(H,33,34,37,39)/t24?,26-,27?,28+/m1/s1. The van der Waals surface area contributed by atoms with E-state index < -0.39 is 42.0 Å². The Morgan fingerprint density at radius 1 is 1.00 bits per heavy atom. The molecule has 1 aromatic heterocycles. The molecule has 2 aliphatic rings. The molecular formula is C31H28N4O6. The fourth-order valence-corrected chi connectivity index (χ4v) is 5.49. The second-order valence-electron chi connectivity index (χ2n) is 10.1. The number of anilines is 1. The van der Waals surface area contributed by atoms with E-state index in [1.54, 1.807) is 30.3 Å². The van der Waals surface area contributed by atoms with Crippen LogP contribution >= 0.6 is 0 Å². The van der Waals surface area contributed by atoms with Crippen LogP contribution < -0.4 is 16.7 Å². The Morgan fingerprint density at radius 2 is 1.63 bits per heavy atom. The zero-order valence-electron chi connectivity index (χ0n) is 21.9. The maximum absolute atomic E-state index is 13.0. The minimum absolute atomic E-state index is 0.0202. The number of carbonyl (C=O) groups excluding carboxylic acids is 2. The van der Waals surface area contributed by atoms with E-state index in [9.17, 15) is 19.5 Å². The van der Waals surface area contributed by atoms with Crippen molar-refractivity contribution in [2.45, 2.75) is 36.8 Å². The summed E-state index contributed by atoms with van der Waals surface area (Å²) < 4.78 is 12.7. The van der Waals surface area contributed by atoms with E-state index in [-0.39, 0.29) is 24.8 Å². The molecule has 0 spiro atoms. The van der Waals surface area contributed by atoms with E-state index >= 15 is 0 Å². The van der Waals surface area contributed by atoms with Crippen LogP contribution in [0.3, 0.4) is 0 Å². The highest BCUT2D eigenvalue weighted by Crippen LogP contribution is 2.44. The van der Waals surface area contributed by atoms with Gasteiger partial charge in [-0.2, -0.15) is 4.98 Å². The number of carbonyl (C=O) groups is 2. The third-order valence-corrected chi connectivity index (χ3v) is 7.54. The van der Waals surface area contributed by atoms with Crippen molar-refractivity contribution in [1.29, 1.82) is 0 Å². The lowest BCUT2D eigenvalue weighted by Crippen LogP contribution is -2.47. The number of nitrogens with two attached hydrogens (primary N) is 1. The number of ether oxygens (including phenoxy) is 2. The molecule has 10 heteroatoms. The van der Waals surface area contributed by atoms with Gasteiger partial charge >= 0.3 is 11.7 Å². The van der Waals surface area contributed by atoms with Crippen LogP contribution in [0.5, 0.6) is 0 Å². The van der Waals surface area contributed by atoms with Crippen molar-refractivity contribution in [3.63, 3.8) is 0 Å². The quantitative estimate of drug-likeness (QED) is 0.297. The van der Waals surface area contributed by atoms with Crippen LogP contribution in [-0.2, 0) is 14.3 Å². The molecule has 4 N–H and O–H groups in total. The number of nitrogens with one attached hydrogen (secondary N) is 1. The smallest absolute Gasteiger partial charge is 0.351 e. The summed E-state index contributed by atoms with van der Waals surface area (Å²) in [6.45, 7) is 0.0896. The first-order chi connectivity index (χ1) is 19.9. The van der Waals surface area contributed by atoms with Gasteiger partial charge in [-0.1, -0.05) is 66.7 Å². The second kappa shape index (κ2) is 11.1. The molecule has 1 fully saturated rings. The van der Waals surface area contributed by atoms with Crippen molar-refractivity contribution < 1.29 is 24.2 Å². The summed E-state index contributed by atoms with van der Waals surface area (Å²) in [7, 11) is 0. The number of aromatic nitrogens is 2. The fraction of sp³-hybridized carbons (Fsp3) is 0.226. The number of rotatable bonds is 7. The van der Waals surface area contributed by atoms with E-state index in [0.29, 0.717) is 5.56 Å². The van der Waals surface area contributed by atoms with Gasteiger partial charge in [0.1, 0.15) is 30.8 Å². The lowest BCUT2D eigenvalue weighted by atomic mass is 9.98. The molecule has 4 aromatic rings. The number of aliphatic hydroxyl groups is 1. The summed E-state index contributed by atoms with van der Waals surface area (Å²) in [6.07, 6.45) is -1.66. The zero-order chi connectivity index (χ0) is 28.5. The van der Waals surface area contributed by atoms with Gasteiger partial charge in [0.25, 0.3) is 5.91 Å². The molecule has 1 saturated heterocycles. The van der Waals surface area contributed by atoms with Gasteiger partial charge in [0, 0.05) is 24.1 Å². The summed E-state index contributed by atoms with van der Waals surface area (Å²) in [5.41, 5.74) is 10.3. The zero-order valence-corrected chi connectivity index (χ0v) is 21.9. The second-order valence-corrected chi connectivity index (χ2v) is 10.1. The maximum atomic E-state index is 13.0. The molecule has 2 heterocycles. The summed E-state index contributed by atoms with van der Waals surface area (Å²) in [4.78, 5) is 42.0. The molecule has 0 bridgehead atoms. The highest BCUT2D eigenvalue weighted by Gasteiger charge is 2.42. The van der Waals surface area contributed by atoms with Crippen LogP contribution in [0.4, 0.5) is 5.82 Å². The summed E-state index contributed by atoms with van der Waals surface area (Å²) in [5, 5.41) is 13.2. The van der Waals surface area contributed by atoms with Crippen LogP contribution in [0.15, 0.2) is 95.9 Å². The molecule has 0 saturated carbocycles. The van der Waals surface area contributed by atoms with Crippen molar-refractivity contribution in [2.75, 3.05) is 11.9 Å². The number of fused-ring (bicyclic) bond motifs is 3. The molecule has 1 amide bonds. The van der Waals surface area contributed by atoms with E-state index in [4.69, 9.17) is 15.2 Å². The first-order valence-corrected chi connectivity index (χ1v) is 13.3. The van der Waals surface area contributed by atoms with Crippen molar-refractivity contribution >= 4 is 17.7 Å². The van der Waals surface area contributed by atoms with Crippen LogP contribution in [0.2, 0.25) is 0 Å². The molecule has 0 radical (unpaired) electrons. The Morgan fingerprint density at radius 3 is 2.29 bits per heavy atom. The van der Waals surface area contributed by atoms with Gasteiger partial charge in [-0.05, 0) is 40.5 Å². The number of amides is 1. The summed E-state index contributed by atoms with van der Waals surface area (Å²) in [5.74, 6) is -1.17. The number of aliphatic hydroxyl groups excluding tert-OH is 1. The SMILES string of the molecule is NC(C(=O)OCC1c2ccccc2-c2ccccc21)[C@H]1O[C@@H](n2ccc(NC(=O)c3ccccc3)nc2=O)CC1O. The Balaban J connectivity index is 1.09. The van der Waals surface area contributed by atoms with Crippen molar-refractivity contribution in [3.8, 4) is 11.1 Å². The van der Waals surface area contributed by atoms with Gasteiger partial charge in [-0.15, -0.1) is 0 Å². The molecule has 41 heavy (non-hydrogen) atoms. The molecule has 208 valence electrons. The van der Waals surface area contributed by atoms with E-state index in [1.807, 2.05) is 48.5 Å². The lowest BCUT2D eigenvalue weighted by Gasteiger charge is -2.22. The molecule has 6 rings (SSSR count). The third-order valence-electron chi connectivity index (χ3n) is 7.54. The number of hydrogen-bond donors (Lipinski definition) is 3. The summed E-state index contributed by atoms with van der Waals surface area (Å²) in [6, 6.07) is 24.7. The van der Waals surface area contributed by atoms with E-state index in [0.717, 1.165) is 22.3 Å². The van der Waals surface area contributed by atoms with Crippen LogP contribution in [0, 0.1) is 0 Å². The van der Waals surface area contributed by atoms with Gasteiger partial charge in [0.15, 0.2) is 0 Å². The van der Waals surface area contributed by atoms with Crippen molar-refractivity contribution in [2.24, 2.45) is 5.73 Å².